The highest BCUT2D eigenvalue weighted by Crippen LogP contribution is 2.40. The van der Waals surface area contributed by atoms with Crippen LogP contribution >= 0.6 is 11.3 Å². The molecule has 27 heavy (non-hydrogen) atoms. The lowest BCUT2D eigenvalue weighted by Crippen LogP contribution is -2.31. The summed E-state index contributed by atoms with van der Waals surface area (Å²) >= 11 is 1.29. The predicted octanol–water partition coefficient (Wildman–Crippen LogP) is 4.30. The molecule has 3 rings (SSSR count). The van der Waals surface area contributed by atoms with Crippen molar-refractivity contribution in [3.05, 3.63) is 76.2 Å². The molecule has 2 heterocycles. The summed E-state index contributed by atoms with van der Waals surface area (Å²) in [5.41, 5.74) is 0.846. The number of Topliss-reactive ketones (excluding diaryl/α,β-unsaturated/α-hetero) is 1. The smallest absolute Gasteiger partial charge is 0.290 e. The van der Waals surface area contributed by atoms with Gasteiger partial charge in [-0.05, 0) is 35.6 Å². The van der Waals surface area contributed by atoms with Gasteiger partial charge in [-0.1, -0.05) is 37.8 Å². The average Bonchev–Trinajstić information content (AvgIpc) is 3.29. The lowest BCUT2D eigenvalue weighted by atomic mass is 9.95. The van der Waals surface area contributed by atoms with Crippen molar-refractivity contribution in [2.24, 2.45) is 0 Å². The van der Waals surface area contributed by atoms with E-state index in [0.29, 0.717) is 30.2 Å². The van der Waals surface area contributed by atoms with Gasteiger partial charge < -0.3 is 14.7 Å². The van der Waals surface area contributed by atoms with Crippen LogP contribution in [0.5, 0.6) is 5.75 Å². The van der Waals surface area contributed by atoms with Gasteiger partial charge in [-0.2, -0.15) is 0 Å². The van der Waals surface area contributed by atoms with Crippen molar-refractivity contribution in [1.29, 1.82) is 0 Å². The van der Waals surface area contributed by atoms with Crippen molar-refractivity contribution in [3.8, 4) is 5.75 Å². The molecule has 1 atom stereocenters. The van der Waals surface area contributed by atoms with Crippen LogP contribution in [0.15, 0.2) is 65.8 Å². The summed E-state index contributed by atoms with van der Waals surface area (Å²) in [6.07, 6.45) is 2.36. The van der Waals surface area contributed by atoms with Crippen LogP contribution in [-0.2, 0) is 4.79 Å². The van der Waals surface area contributed by atoms with Crippen molar-refractivity contribution in [2.75, 3.05) is 13.2 Å². The van der Waals surface area contributed by atoms with E-state index in [4.69, 9.17) is 4.74 Å². The molecule has 1 aromatic heterocycles. The molecular formula is C21H21NO4S. The van der Waals surface area contributed by atoms with Crippen LogP contribution < -0.4 is 4.74 Å². The van der Waals surface area contributed by atoms with Crippen molar-refractivity contribution >= 4 is 23.0 Å². The maximum atomic E-state index is 13.0. The van der Waals surface area contributed by atoms with E-state index in [1.165, 1.54) is 11.3 Å². The van der Waals surface area contributed by atoms with E-state index in [-0.39, 0.29) is 11.4 Å². The summed E-state index contributed by atoms with van der Waals surface area (Å²) in [4.78, 5) is 27.7. The average molecular weight is 383 g/mol. The van der Waals surface area contributed by atoms with Crippen LogP contribution in [0.4, 0.5) is 0 Å². The first-order chi connectivity index (χ1) is 13.1. The van der Waals surface area contributed by atoms with Crippen LogP contribution in [0.2, 0.25) is 0 Å². The molecule has 0 radical (unpaired) electrons. The predicted molar refractivity (Wildman–Crippen MR) is 105 cm³/mol. The van der Waals surface area contributed by atoms with Gasteiger partial charge in [0.1, 0.15) is 12.4 Å². The Hall–Kier alpha value is -2.86. The van der Waals surface area contributed by atoms with Gasteiger partial charge in [-0.3, -0.25) is 9.59 Å². The first-order valence-corrected chi connectivity index (χ1v) is 9.62. The summed E-state index contributed by atoms with van der Waals surface area (Å²) in [6, 6.07) is 10.1. The molecule has 1 unspecified atom stereocenters. The topological polar surface area (TPSA) is 66.8 Å². The molecule has 5 nitrogen and oxygen atoms in total. The number of rotatable bonds is 8. The number of thiophene rings is 1. The number of carbonyl (C=O) groups excluding carboxylic acids is 2. The van der Waals surface area contributed by atoms with Crippen LogP contribution in [0.25, 0.3) is 0 Å². The van der Waals surface area contributed by atoms with Crippen molar-refractivity contribution in [3.63, 3.8) is 0 Å². The highest BCUT2D eigenvalue weighted by Gasteiger charge is 2.43. The number of hydrogen-bond acceptors (Lipinski definition) is 5. The summed E-state index contributed by atoms with van der Waals surface area (Å²) in [7, 11) is 0. The fourth-order valence-electron chi connectivity index (χ4n) is 3.17. The summed E-state index contributed by atoms with van der Waals surface area (Å²) in [6.45, 7) is 6.37. The zero-order chi connectivity index (χ0) is 19.4. The van der Waals surface area contributed by atoms with Gasteiger partial charge in [0.15, 0.2) is 5.76 Å². The minimum atomic E-state index is -0.640. The second-order valence-corrected chi connectivity index (χ2v) is 7.09. The molecule has 2 aromatic rings. The number of aliphatic hydroxyl groups is 1. The third-order valence-electron chi connectivity index (χ3n) is 4.30. The van der Waals surface area contributed by atoms with E-state index in [0.717, 1.165) is 5.56 Å². The summed E-state index contributed by atoms with van der Waals surface area (Å²) < 4.78 is 5.59. The molecule has 1 aromatic carbocycles. The number of amides is 1. The Kier molecular flexibility index (Phi) is 5.76. The van der Waals surface area contributed by atoms with E-state index >= 15 is 0 Å². The summed E-state index contributed by atoms with van der Waals surface area (Å²) in [5, 5.41) is 12.3. The molecule has 0 fully saturated rings. The second-order valence-electron chi connectivity index (χ2n) is 6.14. The molecular weight excluding hydrogens is 362 g/mol. The van der Waals surface area contributed by atoms with Gasteiger partial charge in [0.05, 0.1) is 16.5 Å². The van der Waals surface area contributed by atoms with Gasteiger partial charge in [0.25, 0.3) is 5.91 Å². The van der Waals surface area contributed by atoms with Crippen LogP contribution in [0, 0.1) is 0 Å². The molecule has 6 heteroatoms. The zero-order valence-electron chi connectivity index (χ0n) is 15.1. The van der Waals surface area contributed by atoms with Crippen LogP contribution in [0.1, 0.15) is 34.6 Å². The number of hydrogen-bond donors (Lipinski definition) is 1. The fraction of sp³-hybridized carbons (Fsp3) is 0.238. The molecule has 0 aliphatic carbocycles. The Morgan fingerprint density at radius 3 is 2.85 bits per heavy atom. The maximum absolute atomic E-state index is 13.0. The Morgan fingerprint density at radius 1 is 1.37 bits per heavy atom. The number of carbonyl (C=O) groups is 2. The molecule has 1 N–H and O–H groups in total. The number of ether oxygens (including phenoxy) is 1. The van der Waals surface area contributed by atoms with E-state index in [9.17, 15) is 14.7 Å². The number of benzene rings is 1. The largest absolute Gasteiger partial charge is 0.503 e. The third kappa shape index (κ3) is 3.66. The molecule has 140 valence electrons. The number of aliphatic hydroxyl groups excluding tert-OH is 1. The van der Waals surface area contributed by atoms with Gasteiger partial charge in [0.2, 0.25) is 5.78 Å². The maximum Gasteiger partial charge on any atom is 0.290 e. The van der Waals surface area contributed by atoms with Gasteiger partial charge >= 0.3 is 0 Å². The molecule has 0 spiro atoms. The van der Waals surface area contributed by atoms with Crippen molar-refractivity contribution in [2.45, 2.75) is 19.4 Å². The van der Waals surface area contributed by atoms with E-state index in [1.807, 2.05) is 19.1 Å². The van der Waals surface area contributed by atoms with Crippen molar-refractivity contribution in [1.82, 2.24) is 4.90 Å². The van der Waals surface area contributed by atoms with E-state index in [1.54, 1.807) is 40.6 Å². The van der Waals surface area contributed by atoms with E-state index in [2.05, 4.69) is 6.58 Å². The highest BCUT2D eigenvalue weighted by molar-refractivity contribution is 7.12. The highest BCUT2D eigenvalue weighted by atomic mass is 32.1. The lowest BCUT2D eigenvalue weighted by molar-refractivity contribution is -0.129. The van der Waals surface area contributed by atoms with Crippen LogP contribution in [-0.4, -0.2) is 34.8 Å². The Bertz CT molecular complexity index is 885. The Balaban J connectivity index is 2.06. The normalized spacial score (nSPS) is 16.7. The van der Waals surface area contributed by atoms with Gasteiger partial charge in [-0.25, -0.2) is 0 Å². The molecule has 0 bridgehead atoms. The standard InChI is InChI=1S/C21H21NO4S/c1-3-10-22-18(14-7-5-8-15(13-14)26-11-4-2)17(20(24)21(22)25)19(23)16-9-6-12-27-16/h4-9,12-13,18,24H,2-3,10-11H2,1H3. The minimum Gasteiger partial charge on any atom is -0.503 e. The first kappa shape index (κ1) is 18.9. The van der Waals surface area contributed by atoms with Gasteiger partial charge in [0, 0.05) is 6.54 Å². The molecule has 0 saturated carbocycles. The minimum absolute atomic E-state index is 0.122. The number of ketones is 1. The quantitative estimate of drug-likeness (QED) is 0.545. The summed E-state index contributed by atoms with van der Waals surface area (Å²) in [5.74, 6) is -0.689. The Morgan fingerprint density at radius 2 is 2.19 bits per heavy atom. The fourth-order valence-corrected chi connectivity index (χ4v) is 3.85. The SMILES string of the molecule is C=CCOc1cccc(C2C(C(=O)c3cccs3)=C(O)C(=O)N2CCC)c1. The molecule has 0 saturated heterocycles. The second kappa shape index (κ2) is 8.22. The van der Waals surface area contributed by atoms with Gasteiger partial charge in [-0.15, -0.1) is 11.3 Å². The third-order valence-corrected chi connectivity index (χ3v) is 5.17. The number of nitrogens with zero attached hydrogens (tertiary/aromatic N) is 1. The lowest BCUT2D eigenvalue weighted by Gasteiger charge is -2.26. The molecule has 1 aliphatic heterocycles. The molecule has 1 amide bonds. The molecule has 1 aliphatic rings. The van der Waals surface area contributed by atoms with Crippen LogP contribution in [0.3, 0.4) is 0 Å². The first-order valence-electron chi connectivity index (χ1n) is 8.74. The monoisotopic (exact) mass is 383 g/mol. The Labute approximate surface area is 162 Å². The van der Waals surface area contributed by atoms with E-state index < -0.39 is 17.7 Å². The van der Waals surface area contributed by atoms with Crippen molar-refractivity contribution < 1.29 is 19.4 Å². The zero-order valence-corrected chi connectivity index (χ0v) is 15.9.